The van der Waals surface area contributed by atoms with Crippen molar-refractivity contribution in [3.05, 3.63) is 58.4 Å². The third kappa shape index (κ3) is 2.96. The van der Waals surface area contributed by atoms with Crippen LogP contribution in [0, 0.1) is 12.7 Å². The maximum atomic E-state index is 13.4. The van der Waals surface area contributed by atoms with Gasteiger partial charge in [0.15, 0.2) is 0 Å². The SMILES string of the molecule is CCC(N)c1cccc(-c2cc(C)c(F)cc2Cl)c1. The van der Waals surface area contributed by atoms with Crippen molar-refractivity contribution in [1.29, 1.82) is 0 Å². The lowest BCUT2D eigenvalue weighted by Crippen LogP contribution is -2.08. The molecule has 0 aliphatic rings. The fourth-order valence-corrected chi connectivity index (χ4v) is 2.31. The first-order valence-electron chi connectivity index (χ1n) is 6.34. The summed E-state index contributed by atoms with van der Waals surface area (Å²) in [4.78, 5) is 0. The third-order valence-corrected chi connectivity index (χ3v) is 3.63. The summed E-state index contributed by atoms with van der Waals surface area (Å²) in [5.74, 6) is -0.282. The van der Waals surface area contributed by atoms with Crippen LogP contribution >= 0.6 is 11.6 Å². The standard InChI is InChI=1S/C16H17ClFN/c1-3-16(19)12-6-4-5-11(8-12)13-7-10(2)15(18)9-14(13)17/h4-9,16H,3,19H2,1-2H3. The predicted octanol–water partition coefficient (Wildman–Crippen LogP) is 4.86. The van der Waals surface area contributed by atoms with E-state index in [1.807, 2.05) is 31.2 Å². The Hall–Kier alpha value is -1.38. The van der Waals surface area contributed by atoms with E-state index in [0.29, 0.717) is 10.6 Å². The normalized spacial score (nSPS) is 12.5. The van der Waals surface area contributed by atoms with Crippen LogP contribution in [0.15, 0.2) is 36.4 Å². The topological polar surface area (TPSA) is 26.0 Å². The molecule has 0 amide bonds. The molecule has 100 valence electrons. The van der Waals surface area contributed by atoms with Crippen LogP contribution < -0.4 is 5.73 Å². The molecule has 0 aliphatic carbocycles. The molecule has 0 spiro atoms. The number of nitrogens with two attached hydrogens (primary N) is 1. The first kappa shape index (κ1) is 14.0. The van der Waals surface area contributed by atoms with Gasteiger partial charge in [-0.15, -0.1) is 0 Å². The average molecular weight is 278 g/mol. The zero-order chi connectivity index (χ0) is 14.0. The molecular formula is C16H17ClFN. The molecule has 3 heteroatoms. The first-order chi connectivity index (χ1) is 9.02. The second-order valence-corrected chi connectivity index (χ2v) is 5.13. The Kier molecular flexibility index (Phi) is 4.23. The monoisotopic (exact) mass is 277 g/mol. The Morgan fingerprint density at radius 2 is 2.00 bits per heavy atom. The van der Waals surface area contributed by atoms with Gasteiger partial charge in [-0.3, -0.25) is 0 Å². The van der Waals surface area contributed by atoms with Gasteiger partial charge in [-0.25, -0.2) is 4.39 Å². The van der Waals surface area contributed by atoms with Gasteiger partial charge in [-0.05, 0) is 48.2 Å². The second kappa shape index (κ2) is 5.72. The largest absolute Gasteiger partial charge is 0.324 e. The van der Waals surface area contributed by atoms with Gasteiger partial charge in [0, 0.05) is 11.6 Å². The third-order valence-electron chi connectivity index (χ3n) is 3.31. The molecule has 0 heterocycles. The molecule has 0 aromatic heterocycles. The summed E-state index contributed by atoms with van der Waals surface area (Å²) in [6.45, 7) is 3.78. The molecule has 19 heavy (non-hydrogen) atoms. The summed E-state index contributed by atoms with van der Waals surface area (Å²) >= 11 is 6.13. The second-order valence-electron chi connectivity index (χ2n) is 4.72. The van der Waals surface area contributed by atoms with Crippen molar-refractivity contribution in [3.63, 3.8) is 0 Å². The molecule has 1 unspecified atom stereocenters. The fraction of sp³-hybridized carbons (Fsp3) is 0.250. The summed E-state index contributed by atoms with van der Waals surface area (Å²) in [5, 5.41) is 0.422. The summed E-state index contributed by atoms with van der Waals surface area (Å²) in [6.07, 6.45) is 0.875. The minimum Gasteiger partial charge on any atom is -0.324 e. The predicted molar refractivity (Wildman–Crippen MR) is 78.8 cm³/mol. The number of halogens is 2. The van der Waals surface area contributed by atoms with Crippen molar-refractivity contribution < 1.29 is 4.39 Å². The van der Waals surface area contributed by atoms with Crippen LogP contribution in [-0.2, 0) is 0 Å². The number of hydrogen-bond acceptors (Lipinski definition) is 1. The molecule has 2 aromatic rings. The van der Waals surface area contributed by atoms with Crippen molar-refractivity contribution in [2.24, 2.45) is 5.73 Å². The van der Waals surface area contributed by atoms with Crippen LogP contribution in [-0.4, -0.2) is 0 Å². The van der Waals surface area contributed by atoms with E-state index in [-0.39, 0.29) is 11.9 Å². The summed E-state index contributed by atoms with van der Waals surface area (Å²) in [5.41, 5.74) is 9.50. The smallest absolute Gasteiger partial charge is 0.127 e. The summed E-state index contributed by atoms with van der Waals surface area (Å²) in [6, 6.07) is 11.1. The van der Waals surface area contributed by atoms with Crippen LogP contribution in [0.1, 0.15) is 30.5 Å². The molecule has 0 aliphatic heterocycles. The zero-order valence-corrected chi connectivity index (χ0v) is 11.8. The van der Waals surface area contributed by atoms with Gasteiger partial charge in [-0.2, -0.15) is 0 Å². The number of rotatable bonds is 3. The lowest BCUT2D eigenvalue weighted by Gasteiger charge is -2.12. The Labute approximate surface area is 118 Å². The van der Waals surface area contributed by atoms with Crippen molar-refractivity contribution >= 4 is 11.6 Å². The van der Waals surface area contributed by atoms with E-state index in [4.69, 9.17) is 17.3 Å². The van der Waals surface area contributed by atoms with Crippen molar-refractivity contribution in [3.8, 4) is 11.1 Å². The van der Waals surface area contributed by atoms with Crippen molar-refractivity contribution in [1.82, 2.24) is 0 Å². The van der Waals surface area contributed by atoms with Gasteiger partial charge in [0.25, 0.3) is 0 Å². The Morgan fingerprint density at radius 3 is 2.68 bits per heavy atom. The zero-order valence-electron chi connectivity index (χ0n) is 11.1. The van der Waals surface area contributed by atoms with Crippen LogP contribution in [0.25, 0.3) is 11.1 Å². The van der Waals surface area contributed by atoms with Gasteiger partial charge < -0.3 is 5.73 Å². The van der Waals surface area contributed by atoms with Crippen LogP contribution in [0.4, 0.5) is 4.39 Å². The molecule has 1 atom stereocenters. The number of aryl methyl sites for hydroxylation is 1. The van der Waals surface area contributed by atoms with Crippen LogP contribution in [0.3, 0.4) is 0 Å². The van der Waals surface area contributed by atoms with Gasteiger partial charge in [-0.1, -0.05) is 36.7 Å². The van der Waals surface area contributed by atoms with E-state index in [2.05, 4.69) is 0 Å². The lowest BCUT2D eigenvalue weighted by molar-refractivity contribution is 0.619. The van der Waals surface area contributed by atoms with Crippen molar-refractivity contribution in [2.45, 2.75) is 26.3 Å². The maximum absolute atomic E-state index is 13.4. The van der Waals surface area contributed by atoms with E-state index in [9.17, 15) is 4.39 Å². The average Bonchev–Trinajstić information content (AvgIpc) is 2.42. The number of hydrogen-bond donors (Lipinski definition) is 1. The van der Waals surface area contributed by atoms with Crippen molar-refractivity contribution in [2.75, 3.05) is 0 Å². The molecule has 1 nitrogen and oxygen atoms in total. The van der Waals surface area contributed by atoms with Gasteiger partial charge in [0.05, 0.1) is 5.02 Å². The Balaban J connectivity index is 2.50. The van der Waals surface area contributed by atoms with Gasteiger partial charge in [0.2, 0.25) is 0 Å². The highest BCUT2D eigenvalue weighted by molar-refractivity contribution is 6.33. The molecule has 0 saturated carbocycles. The molecule has 0 bridgehead atoms. The maximum Gasteiger partial charge on any atom is 0.127 e. The molecule has 0 fully saturated rings. The van der Waals surface area contributed by atoms with Gasteiger partial charge >= 0.3 is 0 Å². The fourth-order valence-electron chi connectivity index (χ4n) is 2.05. The molecule has 2 aromatic carbocycles. The molecular weight excluding hydrogens is 261 g/mol. The summed E-state index contributed by atoms with van der Waals surface area (Å²) < 4.78 is 13.4. The molecule has 2 rings (SSSR count). The molecule has 0 radical (unpaired) electrons. The molecule has 0 saturated heterocycles. The first-order valence-corrected chi connectivity index (χ1v) is 6.72. The van der Waals surface area contributed by atoms with Crippen LogP contribution in [0.5, 0.6) is 0 Å². The highest BCUT2D eigenvalue weighted by atomic mass is 35.5. The highest BCUT2D eigenvalue weighted by Gasteiger charge is 2.10. The Morgan fingerprint density at radius 1 is 1.26 bits per heavy atom. The highest BCUT2D eigenvalue weighted by Crippen LogP contribution is 2.31. The van der Waals surface area contributed by atoms with E-state index < -0.39 is 0 Å². The quantitative estimate of drug-likeness (QED) is 0.851. The van der Waals surface area contributed by atoms with E-state index in [1.54, 1.807) is 13.0 Å². The van der Waals surface area contributed by atoms with Crippen LogP contribution in [0.2, 0.25) is 5.02 Å². The van der Waals surface area contributed by atoms with E-state index in [0.717, 1.165) is 23.1 Å². The van der Waals surface area contributed by atoms with Gasteiger partial charge in [0.1, 0.15) is 5.82 Å². The minimum atomic E-state index is -0.282. The Bertz CT molecular complexity index is 595. The molecule has 2 N–H and O–H groups in total. The van der Waals surface area contributed by atoms with E-state index >= 15 is 0 Å². The van der Waals surface area contributed by atoms with E-state index in [1.165, 1.54) is 6.07 Å². The minimum absolute atomic E-state index is 0.0141. The lowest BCUT2D eigenvalue weighted by atomic mass is 9.97. The summed E-state index contributed by atoms with van der Waals surface area (Å²) in [7, 11) is 0. The number of benzene rings is 2.